The van der Waals surface area contributed by atoms with E-state index >= 15 is 0 Å². The molecular formula is C14H26. The number of hydrogen-bond acceptors (Lipinski definition) is 0. The van der Waals surface area contributed by atoms with Gasteiger partial charge < -0.3 is 0 Å². The van der Waals surface area contributed by atoms with E-state index in [1.807, 2.05) is 0 Å². The maximum Gasteiger partial charge on any atom is -0.0357 e. The maximum atomic E-state index is 2.51. The minimum absolute atomic E-state index is 1.02. The van der Waals surface area contributed by atoms with Crippen LogP contribution in [-0.2, 0) is 0 Å². The summed E-state index contributed by atoms with van der Waals surface area (Å²) < 4.78 is 0. The molecule has 4 atom stereocenters. The molecule has 0 heterocycles. The Balaban J connectivity index is 1.91. The molecule has 4 unspecified atom stereocenters. The fourth-order valence-electron chi connectivity index (χ4n) is 3.66. The van der Waals surface area contributed by atoms with Crippen molar-refractivity contribution in [1.82, 2.24) is 0 Å². The van der Waals surface area contributed by atoms with Crippen LogP contribution >= 0.6 is 0 Å². The van der Waals surface area contributed by atoms with Crippen molar-refractivity contribution in [2.45, 2.75) is 65.2 Å². The molecular weight excluding hydrogens is 168 g/mol. The van der Waals surface area contributed by atoms with Crippen LogP contribution in [0.2, 0.25) is 0 Å². The van der Waals surface area contributed by atoms with E-state index in [9.17, 15) is 0 Å². The Bertz CT molecular complexity index is 173. The molecule has 2 rings (SSSR count). The number of rotatable bonds is 1. The first kappa shape index (κ1) is 10.5. The zero-order valence-corrected chi connectivity index (χ0v) is 9.97. The van der Waals surface area contributed by atoms with Gasteiger partial charge in [0, 0.05) is 0 Å². The lowest BCUT2D eigenvalue weighted by Crippen LogP contribution is -2.34. The Kier molecular flexibility index (Phi) is 3.52. The zero-order chi connectivity index (χ0) is 9.97. The van der Waals surface area contributed by atoms with Crippen molar-refractivity contribution in [1.29, 1.82) is 0 Å². The van der Waals surface area contributed by atoms with E-state index in [2.05, 4.69) is 13.8 Å². The fourth-order valence-corrected chi connectivity index (χ4v) is 3.66. The molecule has 0 nitrogen and oxygen atoms in total. The third kappa shape index (κ3) is 2.15. The van der Waals surface area contributed by atoms with Crippen molar-refractivity contribution in [2.24, 2.45) is 23.7 Å². The molecule has 0 bridgehead atoms. The summed E-state index contributed by atoms with van der Waals surface area (Å²) in [4.78, 5) is 0. The molecule has 0 aliphatic heterocycles. The SMILES string of the molecule is CC1CCCCCCC1C1CCC1C. The van der Waals surface area contributed by atoms with E-state index in [-0.39, 0.29) is 0 Å². The summed E-state index contributed by atoms with van der Waals surface area (Å²) in [6, 6.07) is 0. The smallest absolute Gasteiger partial charge is 0.0357 e. The van der Waals surface area contributed by atoms with Crippen LogP contribution in [0.5, 0.6) is 0 Å². The van der Waals surface area contributed by atoms with Gasteiger partial charge >= 0.3 is 0 Å². The van der Waals surface area contributed by atoms with E-state index in [1.165, 1.54) is 51.4 Å². The van der Waals surface area contributed by atoms with Crippen molar-refractivity contribution in [3.8, 4) is 0 Å². The van der Waals surface area contributed by atoms with Crippen molar-refractivity contribution in [2.75, 3.05) is 0 Å². The zero-order valence-electron chi connectivity index (χ0n) is 9.97. The van der Waals surface area contributed by atoms with Gasteiger partial charge in [0.2, 0.25) is 0 Å². The second-order valence-corrected chi connectivity index (χ2v) is 5.85. The summed E-state index contributed by atoms with van der Waals surface area (Å²) in [5, 5.41) is 0. The van der Waals surface area contributed by atoms with Crippen LogP contribution in [0, 0.1) is 23.7 Å². The van der Waals surface area contributed by atoms with Gasteiger partial charge in [0.1, 0.15) is 0 Å². The second kappa shape index (κ2) is 4.68. The topological polar surface area (TPSA) is 0 Å². The molecule has 2 saturated carbocycles. The number of hydrogen-bond donors (Lipinski definition) is 0. The normalized spacial score (nSPS) is 45.0. The first-order valence-electron chi connectivity index (χ1n) is 6.79. The Morgan fingerprint density at radius 1 is 0.571 bits per heavy atom. The highest BCUT2D eigenvalue weighted by molar-refractivity contribution is 4.86. The first-order chi connectivity index (χ1) is 6.79. The summed E-state index contributed by atoms with van der Waals surface area (Å²) in [7, 11) is 0. The van der Waals surface area contributed by atoms with Gasteiger partial charge in [0.15, 0.2) is 0 Å². The van der Waals surface area contributed by atoms with Gasteiger partial charge in [0.25, 0.3) is 0 Å². The standard InChI is InChI=1S/C14H26/c1-11-7-5-3-4-6-8-13(11)14-10-9-12(14)2/h11-14H,3-10H2,1-2H3. The molecule has 0 saturated heterocycles. The van der Waals surface area contributed by atoms with Crippen LogP contribution in [-0.4, -0.2) is 0 Å². The molecule has 14 heavy (non-hydrogen) atoms. The summed E-state index contributed by atoms with van der Waals surface area (Å²) in [5.74, 6) is 4.24. The van der Waals surface area contributed by atoms with Gasteiger partial charge in [-0.1, -0.05) is 52.4 Å². The Morgan fingerprint density at radius 3 is 1.71 bits per heavy atom. The summed E-state index contributed by atoms with van der Waals surface area (Å²) in [6.07, 6.45) is 12.1. The molecule has 0 aromatic heterocycles. The van der Waals surface area contributed by atoms with E-state index in [4.69, 9.17) is 0 Å². The van der Waals surface area contributed by atoms with Crippen molar-refractivity contribution < 1.29 is 0 Å². The lowest BCUT2D eigenvalue weighted by atomic mass is 9.62. The Morgan fingerprint density at radius 2 is 1.14 bits per heavy atom. The molecule has 0 aromatic carbocycles. The molecule has 0 heteroatoms. The third-order valence-corrected chi connectivity index (χ3v) is 4.91. The van der Waals surface area contributed by atoms with Crippen molar-refractivity contribution >= 4 is 0 Å². The van der Waals surface area contributed by atoms with E-state index in [0.717, 1.165) is 23.7 Å². The van der Waals surface area contributed by atoms with Gasteiger partial charge in [-0.2, -0.15) is 0 Å². The van der Waals surface area contributed by atoms with Gasteiger partial charge in [-0.15, -0.1) is 0 Å². The van der Waals surface area contributed by atoms with Crippen molar-refractivity contribution in [3.63, 3.8) is 0 Å². The monoisotopic (exact) mass is 194 g/mol. The fraction of sp³-hybridized carbons (Fsp3) is 1.00. The highest BCUT2D eigenvalue weighted by Gasteiger charge is 2.36. The predicted octanol–water partition coefficient (Wildman–Crippen LogP) is 4.64. The molecule has 0 aromatic rings. The van der Waals surface area contributed by atoms with Gasteiger partial charge in [0.05, 0.1) is 0 Å². The minimum Gasteiger partial charge on any atom is -0.0622 e. The first-order valence-corrected chi connectivity index (χ1v) is 6.79. The van der Waals surface area contributed by atoms with E-state index < -0.39 is 0 Å². The maximum absolute atomic E-state index is 2.51. The van der Waals surface area contributed by atoms with Gasteiger partial charge in [-0.05, 0) is 36.5 Å². The molecule has 0 spiro atoms. The van der Waals surface area contributed by atoms with Crippen molar-refractivity contribution in [3.05, 3.63) is 0 Å². The largest absolute Gasteiger partial charge is 0.0622 e. The highest BCUT2D eigenvalue weighted by atomic mass is 14.4. The quantitative estimate of drug-likeness (QED) is 0.570. The Labute approximate surface area is 89.5 Å². The minimum atomic E-state index is 1.02. The molecule has 0 N–H and O–H groups in total. The molecule has 0 amide bonds. The highest BCUT2D eigenvalue weighted by Crippen LogP contribution is 2.45. The molecule has 82 valence electrons. The van der Waals surface area contributed by atoms with E-state index in [0.29, 0.717) is 0 Å². The van der Waals surface area contributed by atoms with Crippen LogP contribution in [0.15, 0.2) is 0 Å². The lowest BCUT2D eigenvalue weighted by Gasteiger charge is -2.43. The average Bonchev–Trinajstić information content (AvgIpc) is 2.15. The van der Waals surface area contributed by atoms with Gasteiger partial charge in [-0.3, -0.25) is 0 Å². The van der Waals surface area contributed by atoms with Gasteiger partial charge in [-0.25, -0.2) is 0 Å². The second-order valence-electron chi connectivity index (χ2n) is 5.85. The average molecular weight is 194 g/mol. The lowest BCUT2D eigenvalue weighted by molar-refractivity contribution is 0.0670. The molecule has 2 aliphatic carbocycles. The summed E-state index contributed by atoms with van der Waals surface area (Å²) in [6.45, 7) is 4.99. The predicted molar refractivity (Wildman–Crippen MR) is 62.2 cm³/mol. The molecule has 2 fully saturated rings. The van der Waals surface area contributed by atoms with Crippen LogP contribution in [0.3, 0.4) is 0 Å². The summed E-state index contributed by atoms with van der Waals surface area (Å²) >= 11 is 0. The summed E-state index contributed by atoms with van der Waals surface area (Å²) in [5.41, 5.74) is 0. The Hall–Kier alpha value is 0. The van der Waals surface area contributed by atoms with Crippen LogP contribution in [0.4, 0.5) is 0 Å². The van der Waals surface area contributed by atoms with Crippen LogP contribution in [0.25, 0.3) is 0 Å². The third-order valence-electron chi connectivity index (χ3n) is 4.91. The molecule has 2 aliphatic rings. The van der Waals surface area contributed by atoms with Crippen LogP contribution in [0.1, 0.15) is 65.2 Å². The van der Waals surface area contributed by atoms with E-state index in [1.54, 1.807) is 0 Å². The molecule has 0 radical (unpaired) electrons. The van der Waals surface area contributed by atoms with Crippen LogP contribution < -0.4 is 0 Å².